The second-order valence-corrected chi connectivity index (χ2v) is 3.90. The van der Waals surface area contributed by atoms with E-state index in [9.17, 15) is 9.59 Å². The first-order valence-electron chi connectivity index (χ1n) is 5.41. The summed E-state index contributed by atoms with van der Waals surface area (Å²) in [7, 11) is 0. The first kappa shape index (κ1) is 12.2. The van der Waals surface area contributed by atoms with Gasteiger partial charge < -0.3 is 19.3 Å². The van der Waals surface area contributed by atoms with E-state index >= 15 is 0 Å². The molecule has 1 saturated carbocycles. The maximum atomic E-state index is 11.3. The summed E-state index contributed by atoms with van der Waals surface area (Å²) < 4.78 is 14.1. The maximum absolute atomic E-state index is 11.3. The molecule has 0 unspecified atom stereocenters. The zero-order chi connectivity index (χ0) is 13.0. The Morgan fingerprint density at radius 2 is 1.83 bits per heavy atom. The van der Waals surface area contributed by atoms with Gasteiger partial charge in [0.1, 0.15) is 6.61 Å². The molecule has 0 heterocycles. The van der Waals surface area contributed by atoms with Gasteiger partial charge in [0.05, 0.1) is 0 Å². The van der Waals surface area contributed by atoms with Gasteiger partial charge in [-0.3, -0.25) is 0 Å². The molecule has 0 saturated heterocycles. The van der Waals surface area contributed by atoms with Crippen molar-refractivity contribution in [1.82, 2.24) is 0 Å². The van der Waals surface area contributed by atoms with E-state index in [4.69, 9.17) is 14.6 Å². The Hall–Kier alpha value is -2.24. The molecule has 1 aromatic rings. The van der Waals surface area contributed by atoms with E-state index < -0.39 is 18.1 Å². The van der Waals surface area contributed by atoms with E-state index in [1.807, 2.05) is 18.2 Å². The van der Waals surface area contributed by atoms with Gasteiger partial charge in [-0.15, -0.1) is 0 Å². The van der Waals surface area contributed by atoms with Gasteiger partial charge in [-0.25, -0.2) is 9.59 Å². The monoisotopic (exact) mass is 252 g/mol. The van der Waals surface area contributed by atoms with Gasteiger partial charge in [-0.1, -0.05) is 30.3 Å². The summed E-state index contributed by atoms with van der Waals surface area (Å²) in [6.45, 7) is 0.0722. The summed E-state index contributed by atoms with van der Waals surface area (Å²) >= 11 is 0. The minimum Gasteiger partial charge on any atom is -0.450 e. The molecule has 0 amide bonds. The van der Waals surface area contributed by atoms with E-state index in [0.717, 1.165) is 5.56 Å². The van der Waals surface area contributed by atoms with Crippen molar-refractivity contribution in [2.24, 2.45) is 0 Å². The summed E-state index contributed by atoms with van der Waals surface area (Å²) in [6, 6.07) is 9.09. The highest BCUT2D eigenvalue weighted by Crippen LogP contribution is 2.41. The van der Waals surface area contributed by atoms with Crippen LogP contribution in [-0.2, 0) is 20.8 Å². The number of carbonyl (C=O) groups is 2. The Kier molecular flexibility index (Phi) is 3.36. The zero-order valence-corrected chi connectivity index (χ0v) is 9.50. The molecule has 18 heavy (non-hydrogen) atoms. The van der Waals surface area contributed by atoms with Gasteiger partial charge in [0, 0.05) is 12.8 Å². The highest BCUT2D eigenvalue weighted by Gasteiger charge is 2.52. The molecular formula is C12H12O6. The predicted molar refractivity (Wildman–Crippen MR) is 58.8 cm³/mol. The largest absolute Gasteiger partial charge is 0.511 e. The molecule has 96 valence electrons. The smallest absolute Gasteiger partial charge is 0.450 e. The second-order valence-electron chi connectivity index (χ2n) is 3.90. The second kappa shape index (κ2) is 4.95. The molecule has 2 rings (SSSR count). The molecule has 6 heteroatoms. The van der Waals surface area contributed by atoms with Crippen molar-refractivity contribution in [2.75, 3.05) is 0 Å². The molecule has 0 radical (unpaired) electrons. The third-order valence-corrected chi connectivity index (χ3v) is 2.40. The minimum absolute atomic E-state index is 0.0722. The first-order valence-corrected chi connectivity index (χ1v) is 5.41. The lowest BCUT2D eigenvalue weighted by atomic mass is 10.2. The predicted octanol–water partition coefficient (Wildman–Crippen LogP) is 2.52. The van der Waals surface area contributed by atoms with Crippen LogP contribution < -0.4 is 0 Å². The molecule has 6 nitrogen and oxygen atoms in total. The lowest BCUT2D eigenvalue weighted by molar-refractivity contribution is -0.119. The van der Waals surface area contributed by atoms with Crippen molar-refractivity contribution in [1.29, 1.82) is 0 Å². The highest BCUT2D eigenvalue weighted by atomic mass is 16.8. The Labute approximate surface area is 103 Å². The number of hydrogen-bond donors (Lipinski definition) is 1. The summed E-state index contributed by atoms with van der Waals surface area (Å²) in [5.74, 6) is -1.33. The van der Waals surface area contributed by atoms with Crippen molar-refractivity contribution < 1.29 is 28.9 Å². The van der Waals surface area contributed by atoms with Crippen LogP contribution in [0.15, 0.2) is 30.3 Å². The van der Waals surface area contributed by atoms with Crippen LogP contribution in [0.1, 0.15) is 18.4 Å². The average Bonchev–Trinajstić information content (AvgIpc) is 3.06. The fourth-order valence-electron chi connectivity index (χ4n) is 1.38. The van der Waals surface area contributed by atoms with Crippen LogP contribution in [0.3, 0.4) is 0 Å². The molecule has 0 bridgehead atoms. The number of rotatable bonds is 4. The van der Waals surface area contributed by atoms with Crippen LogP contribution in [0.4, 0.5) is 9.59 Å². The van der Waals surface area contributed by atoms with E-state index in [0.29, 0.717) is 12.8 Å². The fraction of sp³-hybridized carbons (Fsp3) is 0.333. The summed E-state index contributed by atoms with van der Waals surface area (Å²) in [5.41, 5.74) is 0.818. The van der Waals surface area contributed by atoms with Gasteiger partial charge in [0.15, 0.2) is 0 Å². The molecule has 0 aromatic heterocycles. The normalized spacial score (nSPS) is 15.6. The molecule has 1 N–H and O–H groups in total. The number of ether oxygens (including phenoxy) is 3. The van der Waals surface area contributed by atoms with E-state index in [1.165, 1.54) is 0 Å². The van der Waals surface area contributed by atoms with Gasteiger partial charge in [-0.05, 0) is 5.56 Å². The van der Waals surface area contributed by atoms with Gasteiger partial charge >= 0.3 is 12.3 Å². The van der Waals surface area contributed by atoms with E-state index in [1.54, 1.807) is 12.1 Å². The van der Waals surface area contributed by atoms with Crippen LogP contribution >= 0.6 is 0 Å². The van der Waals surface area contributed by atoms with Crippen molar-refractivity contribution in [3.05, 3.63) is 35.9 Å². The van der Waals surface area contributed by atoms with Crippen LogP contribution in [-0.4, -0.2) is 23.2 Å². The summed E-state index contributed by atoms with van der Waals surface area (Å²) in [6.07, 6.45) is -1.68. The molecule has 1 aliphatic carbocycles. The maximum Gasteiger partial charge on any atom is 0.511 e. The quantitative estimate of drug-likeness (QED) is 0.655. The summed E-state index contributed by atoms with van der Waals surface area (Å²) in [4.78, 5) is 21.7. The SMILES string of the molecule is O=C(O)OC1(OC(=O)OCc2ccccc2)CC1. The third kappa shape index (κ3) is 3.38. The molecule has 1 aromatic carbocycles. The van der Waals surface area contributed by atoms with Crippen LogP contribution in [0, 0.1) is 0 Å². The van der Waals surface area contributed by atoms with Crippen molar-refractivity contribution in [2.45, 2.75) is 25.2 Å². The molecule has 1 aliphatic rings. The van der Waals surface area contributed by atoms with Crippen molar-refractivity contribution in [3.8, 4) is 0 Å². The lowest BCUT2D eigenvalue weighted by Gasteiger charge is -2.14. The Balaban J connectivity index is 1.78. The van der Waals surface area contributed by atoms with Crippen molar-refractivity contribution >= 4 is 12.3 Å². The Morgan fingerprint density at radius 1 is 1.17 bits per heavy atom. The van der Waals surface area contributed by atoms with Crippen LogP contribution in [0.2, 0.25) is 0 Å². The van der Waals surface area contributed by atoms with Gasteiger partial charge in [0.2, 0.25) is 0 Å². The van der Waals surface area contributed by atoms with E-state index in [2.05, 4.69) is 4.74 Å². The third-order valence-electron chi connectivity index (χ3n) is 2.40. The average molecular weight is 252 g/mol. The van der Waals surface area contributed by atoms with Crippen LogP contribution in [0.5, 0.6) is 0 Å². The number of benzene rings is 1. The first-order chi connectivity index (χ1) is 8.60. The Morgan fingerprint density at radius 3 is 2.39 bits per heavy atom. The number of hydrogen-bond acceptors (Lipinski definition) is 5. The zero-order valence-electron chi connectivity index (χ0n) is 9.50. The lowest BCUT2D eigenvalue weighted by Crippen LogP contribution is -2.25. The highest BCUT2D eigenvalue weighted by molar-refractivity contribution is 5.62. The number of carboxylic acid groups (broad SMARTS) is 1. The molecule has 0 spiro atoms. The molecule has 0 atom stereocenters. The topological polar surface area (TPSA) is 82.1 Å². The molecule has 0 aliphatic heterocycles. The van der Waals surface area contributed by atoms with Gasteiger partial charge in [0.25, 0.3) is 5.79 Å². The molecule has 1 fully saturated rings. The number of carbonyl (C=O) groups excluding carboxylic acids is 1. The standard InChI is InChI=1S/C12H12O6/c13-10(14)17-12(6-7-12)18-11(15)16-8-9-4-2-1-3-5-9/h1-5H,6-8H2,(H,13,14). The minimum atomic E-state index is -1.47. The summed E-state index contributed by atoms with van der Waals surface area (Å²) in [5, 5.41) is 8.46. The van der Waals surface area contributed by atoms with Crippen molar-refractivity contribution in [3.63, 3.8) is 0 Å². The Bertz CT molecular complexity index is 437. The molecular weight excluding hydrogens is 240 g/mol. The fourth-order valence-corrected chi connectivity index (χ4v) is 1.38. The van der Waals surface area contributed by atoms with E-state index in [-0.39, 0.29) is 6.61 Å². The van der Waals surface area contributed by atoms with Gasteiger partial charge in [-0.2, -0.15) is 0 Å². The van der Waals surface area contributed by atoms with Crippen LogP contribution in [0.25, 0.3) is 0 Å².